The molecule has 2 aromatic heterocycles. The summed E-state index contributed by atoms with van der Waals surface area (Å²) in [6, 6.07) is 8.49. The number of carbonyl (C=O) groups is 1. The lowest BCUT2D eigenvalue weighted by molar-refractivity contribution is -0.380. The van der Waals surface area contributed by atoms with Gasteiger partial charge in [0.1, 0.15) is 11.3 Å². The SMILES string of the molecule is COc1cccc2sc(N(CCCN(C)C)C(=O)c3ccc([N+](=O)[O-])s3)nc12.Cl. The molecule has 0 N–H and O–H groups in total. The van der Waals surface area contributed by atoms with Crippen LogP contribution in [0.1, 0.15) is 16.1 Å². The van der Waals surface area contributed by atoms with Crippen molar-refractivity contribution in [3.05, 3.63) is 45.3 Å². The van der Waals surface area contributed by atoms with E-state index in [1.165, 1.54) is 23.5 Å². The van der Waals surface area contributed by atoms with E-state index in [1.807, 2.05) is 37.2 Å². The first-order valence-electron chi connectivity index (χ1n) is 8.55. The number of aromatic nitrogens is 1. The van der Waals surface area contributed by atoms with Crippen LogP contribution >= 0.6 is 35.1 Å². The Labute approximate surface area is 182 Å². The summed E-state index contributed by atoms with van der Waals surface area (Å²) < 4.78 is 6.28. The lowest BCUT2D eigenvalue weighted by Gasteiger charge is -2.20. The van der Waals surface area contributed by atoms with Crippen molar-refractivity contribution in [2.24, 2.45) is 0 Å². The monoisotopic (exact) mass is 456 g/mol. The number of halogens is 1. The van der Waals surface area contributed by atoms with Crippen molar-refractivity contribution in [2.45, 2.75) is 6.42 Å². The molecule has 0 unspecified atom stereocenters. The second kappa shape index (κ2) is 9.97. The average Bonchev–Trinajstić information content (AvgIpc) is 3.31. The van der Waals surface area contributed by atoms with Gasteiger partial charge >= 0.3 is 5.00 Å². The number of thiazole rings is 1. The van der Waals surface area contributed by atoms with E-state index in [4.69, 9.17) is 4.74 Å². The Bertz CT molecular complexity index is 1000. The second-order valence-corrected chi connectivity index (χ2v) is 8.38. The van der Waals surface area contributed by atoms with E-state index >= 15 is 0 Å². The molecule has 1 aromatic carbocycles. The van der Waals surface area contributed by atoms with Gasteiger partial charge in [-0.3, -0.25) is 19.8 Å². The Morgan fingerprint density at radius 2 is 1.97 bits per heavy atom. The summed E-state index contributed by atoms with van der Waals surface area (Å²) in [5, 5.41) is 11.5. The van der Waals surface area contributed by atoms with Crippen molar-refractivity contribution < 1.29 is 14.5 Å². The summed E-state index contributed by atoms with van der Waals surface area (Å²) in [6.07, 6.45) is 0.749. The van der Waals surface area contributed by atoms with E-state index in [0.29, 0.717) is 27.8 Å². The molecule has 0 bridgehead atoms. The van der Waals surface area contributed by atoms with Gasteiger partial charge in [-0.15, -0.1) is 12.4 Å². The maximum atomic E-state index is 13.1. The number of amides is 1. The lowest BCUT2D eigenvalue weighted by Crippen LogP contribution is -2.32. The minimum Gasteiger partial charge on any atom is -0.494 e. The number of methoxy groups -OCH3 is 1. The quantitative estimate of drug-likeness (QED) is 0.371. The highest BCUT2D eigenvalue weighted by Gasteiger charge is 2.25. The van der Waals surface area contributed by atoms with Gasteiger partial charge in [-0.2, -0.15) is 0 Å². The Hall–Kier alpha value is -2.27. The molecular weight excluding hydrogens is 436 g/mol. The smallest absolute Gasteiger partial charge is 0.324 e. The van der Waals surface area contributed by atoms with Crippen molar-refractivity contribution in [1.82, 2.24) is 9.88 Å². The van der Waals surface area contributed by atoms with Crippen molar-refractivity contribution in [2.75, 3.05) is 39.2 Å². The van der Waals surface area contributed by atoms with Crippen LogP contribution in [-0.2, 0) is 0 Å². The third-order valence-corrected chi connectivity index (χ3v) is 6.10. The van der Waals surface area contributed by atoms with Crippen LogP contribution in [0.4, 0.5) is 10.1 Å². The van der Waals surface area contributed by atoms with Crippen LogP contribution in [0.3, 0.4) is 0 Å². The number of anilines is 1. The summed E-state index contributed by atoms with van der Waals surface area (Å²) in [5.74, 6) is 0.363. The average molecular weight is 457 g/mol. The fraction of sp³-hybridized carbons (Fsp3) is 0.333. The number of benzene rings is 1. The Morgan fingerprint density at radius 3 is 2.59 bits per heavy atom. The molecule has 0 radical (unpaired) electrons. The molecule has 2 heterocycles. The Kier molecular flexibility index (Phi) is 7.91. The standard InChI is InChI=1S/C18H20N4O4S2.ClH/c1-20(2)10-5-11-21(17(23)14-8-9-15(27-14)22(24)25)18-19-16-12(26-3)6-4-7-13(16)28-18;/h4,6-9H,5,10-11H2,1-3H3;1H. The van der Waals surface area contributed by atoms with Crippen molar-refractivity contribution in [1.29, 1.82) is 0 Å². The van der Waals surface area contributed by atoms with Crippen LogP contribution in [0.15, 0.2) is 30.3 Å². The maximum absolute atomic E-state index is 13.1. The first-order valence-corrected chi connectivity index (χ1v) is 10.2. The molecule has 0 saturated carbocycles. The predicted octanol–water partition coefficient (Wildman–Crippen LogP) is 4.29. The highest BCUT2D eigenvalue weighted by Crippen LogP contribution is 2.35. The normalized spacial score (nSPS) is 10.8. The zero-order valence-corrected chi connectivity index (χ0v) is 18.6. The van der Waals surface area contributed by atoms with Gasteiger partial charge < -0.3 is 9.64 Å². The highest BCUT2D eigenvalue weighted by molar-refractivity contribution is 7.22. The molecule has 0 atom stereocenters. The van der Waals surface area contributed by atoms with Crippen LogP contribution in [0.2, 0.25) is 0 Å². The van der Waals surface area contributed by atoms with E-state index in [2.05, 4.69) is 4.98 Å². The molecule has 11 heteroatoms. The Balaban J connectivity index is 0.00000300. The van der Waals surface area contributed by atoms with Crippen LogP contribution in [0.5, 0.6) is 5.75 Å². The van der Waals surface area contributed by atoms with Crippen molar-refractivity contribution >= 4 is 61.3 Å². The molecule has 0 aliphatic heterocycles. The van der Waals surface area contributed by atoms with Gasteiger partial charge in [0.15, 0.2) is 5.13 Å². The summed E-state index contributed by atoms with van der Waals surface area (Å²) in [6.45, 7) is 1.27. The summed E-state index contributed by atoms with van der Waals surface area (Å²) in [4.78, 5) is 32.2. The first-order chi connectivity index (χ1) is 13.4. The number of para-hydroxylation sites is 1. The summed E-state index contributed by atoms with van der Waals surface area (Å²) >= 11 is 2.28. The summed E-state index contributed by atoms with van der Waals surface area (Å²) in [7, 11) is 5.52. The van der Waals surface area contributed by atoms with Crippen LogP contribution in [0, 0.1) is 10.1 Å². The first kappa shape index (κ1) is 23.0. The molecule has 0 saturated heterocycles. The van der Waals surface area contributed by atoms with E-state index in [0.717, 1.165) is 29.0 Å². The molecular formula is C18H21ClN4O4S2. The molecule has 0 aliphatic rings. The molecule has 3 aromatic rings. The molecule has 0 aliphatic carbocycles. The topological polar surface area (TPSA) is 88.8 Å². The number of rotatable bonds is 8. The third-order valence-electron chi connectivity index (χ3n) is 4.04. The fourth-order valence-electron chi connectivity index (χ4n) is 2.69. The largest absolute Gasteiger partial charge is 0.494 e. The summed E-state index contributed by atoms with van der Waals surface area (Å²) in [5.41, 5.74) is 0.701. The third kappa shape index (κ3) is 5.21. The van der Waals surface area contributed by atoms with Gasteiger partial charge in [0, 0.05) is 12.6 Å². The molecule has 29 heavy (non-hydrogen) atoms. The Morgan fingerprint density at radius 1 is 1.21 bits per heavy atom. The van der Waals surface area contributed by atoms with Gasteiger partial charge in [0.2, 0.25) is 0 Å². The molecule has 156 valence electrons. The molecule has 0 fully saturated rings. The zero-order chi connectivity index (χ0) is 20.3. The molecule has 3 rings (SSSR count). The van der Waals surface area contributed by atoms with Crippen LogP contribution in [0.25, 0.3) is 10.2 Å². The number of hydrogen-bond donors (Lipinski definition) is 0. The minimum atomic E-state index is -0.486. The van der Waals surface area contributed by atoms with E-state index in [-0.39, 0.29) is 23.3 Å². The van der Waals surface area contributed by atoms with E-state index in [1.54, 1.807) is 12.0 Å². The molecule has 0 spiro atoms. The van der Waals surface area contributed by atoms with Gasteiger partial charge in [-0.05, 0) is 45.3 Å². The predicted molar refractivity (Wildman–Crippen MR) is 119 cm³/mol. The van der Waals surface area contributed by atoms with Gasteiger partial charge in [0.25, 0.3) is 5.91 Å². The van der Waals surface area contributed by atoms with Crippen LogP contribution in [-0.4, -0.2) is 55.0 Å². The highest BCUT2D eigenvalue weighted by atomic mass is 35.5. The lowest BCUT2D eigenvalue weighted by atomic mass is 10.3. The minimum absolute atomic E-state index is 0. The number of ether oxygens (including phenoxy) is 1. The number of nitro groups is 1. The number of hydrogen-bond acceptors (Lipinski definition) is 8. The van der Waals surface area contributed by atoms with Crippen LogP contribution < -0.4 is 9.64 Å². The number of nitrogens with zero attached hydrogens (tertiary/aromatic N) is 4. The number of thiophene rings is 1. The van der Waals surface area contributed by atoms with Gasteiger partial charge in [0.05, 0.1) is 21.6 Å². The second-order valence-electron chi connectivity index (χ2n) is 6.31. The fourth-order valence-corrected chi connectivity index (χ4v) is 4.47. The number of fused-ring (bicyclic) bond motifs is 1. The van der Waals surface area contributed by atoms with Gasteiger partial charge in [-0.1, -0.05) is 28.7 Å². The van der Waals surface area contributed by atoms with E-state index in [9.17, 15) is 14.9 Å². The van der Waals surface area contributed by atoms with E-state index < -0.39 is 4.92 Å². The molecule has 1 amide bonds. The van der Waals surface area contributed by atoms with Crippen molar-refractivity contribution in [3.8, 4) is 5.75 Å². The maximum Gasteiger partial charge on any atom is 0.324 e. The molecule has 8 nitrogen and oxygen atoms in total. The van der Waals surface area contributed by atoms with Crippen molar-refractivity contribution in [3.63, 3.8) is 0 Å². The zero-order valence-electron chi connectivity index (χ0n) is 16.2. The van der Waals surface area contributed by atoms with Gasteiger partial charge in [-0.25, -0.2) is 4.98 Å². The number of carbonyl (C=O) groups excluding carboxylic acids is 1.